The molecule has 2 fully saturated rings. The molecule has 86 valence electrons. The molecule has 0 atom stereocenters. The monoisotopic (exact) mass is 212 g/mol. The van der Waals surface area contributed by atoms with Crippen molar-refractivity contribution in [1.82, 2.24) is 9.80 Å². The number of β-amino-alcohol motifs (C(OH)–C–C–N with tert-alkyl or cyclic N) is 1. The number of rotatable bonds is 3. The Morgan fingerprint density at radius 1 is 1.20 bits per heavy atom. The first-order valence-electron chi connectivity index (χ1n) is 5.99. The number of urea groups is 1. The van der Waals surface area contributed by atoms with Crippen LogP contribution in [0.25, 0.3) is 0 Å². The van der Waals surface area contributed by atoms with Crippen LogP contribution in [0.15, 0.2) is 0 Å². The smallest absolute Gasteiger partial charge is 0.320 e. The summed E-state index contributed by atoms with van der Waals surface area (Å²) in [5, 5.41) is 8.88. The van der Waals surface area contributed by atoms with Crippen LogP contribution >= 0.6 is 0 Å². The minimum absolute atomic E-state index is 0.0737. The quantitative estimate of drug-likeness (QED) is 0.760. The molecule has 1 saturated heterocycles. The van der Waals surface area contributed by atoms with Crippen molar-refractivity contribution in [2.45, 2.75) is 38.1 Å². The first-order valence-corrected chi connectivity index (χ1v) is 5.99. The standard InChI is InChI=1S/C11H20N2O2/c14-9-8-12-6-3-7-13(11(12)15)10-4-1-2-5-10/h10,14H,1-9H2. The highest BCUT2D eigenvalue weighted by atomic mass is 16.3. The molecular formula is C11H20N2O2. The van der Waals surface area contributed by atoms with Crippen molar-refractivity contribution in [2.75, 3.05) is 26.2 Å². The van der Waals surface area contributed by atoms with Gasteiger partial charge in [0.25, 0.3) is 0 Å². The molecule has 2 aliphatic rings. The van der Waals surface area contributed by atoms with Gasteiger partial charge in [0.05, 0.1) is 6.61 Å². The van der Waals surface area contributed by atoms with E-state index in [9.17, 15) is 4.79 Å². The molecule has 0 spiro atoms. The van der Waals surface area contributed by atoms with Crippen molar-refractivity contribution in [3.8, 4) is 0 Å². The molecule has 0 aromatic carbocycles. The van der Waals surface area contributed by atoms with Crippen molar-refractivity contribution in [3.05, 3.63) is 0 Å². The van der Waals surface area contributed by atoms with Crippen LogP contribution in [0, 0.1) is 0 Å². The van der Waals surface area contributed by atoms with E-state index < -0.39 is 0 Å². The van der Waals surface area contributed by atoms with E-state index in [1.807, 2.05) is 4.90 Å². The second kappa shape index (κ2) is 4.84. The van der Waals surface area contributed by atoms with Crippen LogP contribution in [-0.4, -0.2) is 53.2 Å². The molecule has 2 amide bonds. The Bertz CT molecular complexity index is 225. The molecule has 0 aromatic heterocycles. The number of amides is 2. The Labute approximate surface area is 90.9 Å². The van der Waals surface area contributed by atoms with Crippen molar-refractivity contribution in [2.24, 2.45) is 0 Å². The van der Waals surface area contributed by atoms with Gasteiger partial charge < -0.3 is 14.9 Å². The second-order valence-corrected chi connectivity index (χ2v) is 4.48. The minimum atomic E-state index is 0.0737. The molecule has 0 unspecified atom stereocenters. The lowest BCUT2D eigenvalue weighted by atomic mass is 10.2. The molecule has 15 heavy (non-hydrogen) atoms. The van der Waals surface area contributed by atoms with E-state index in [1.54, 1.807) is 4.90 Å². The molecule has 4 heteroatoms. The van der Waals surface area contributed by atoms with Crippen LogP contribution in [0.5, 0.6) is 0 Å². The largest absolute Gasteiger partial charge is 0.395 e. The summed E-state index contributed by atoms with van der Waals surface area (Å²) in [6.07, 6.45) is 5.89. The van der Waals surface area contributed by atoms with Crippen molar-refractivity contribution < 1.29 is 9.90 Å². The van der Waals surface area contributed by atoms with E-state index in [4.69, 9.17) is 5.11 Å². The molecule has 1 N–H and O–H groups in total. The number of nitrogens with zero attached hydrogens (tertiary/aromatic N) is 2. The zero-order valence-corrected chi connectivity index (χ0v) is 9.19. The molecule has 0 bridgehead atoms. The lowest BCUT2D eigenvalue weighted by Crippen LogP contribution is -2.53. The summed E-state index contributed by atoms with van der Waals surface area (Å²) in [6.45, 7) is 2.28. The van der Waals surface area contributed by atoms with Gasteiger partial charge in [-0.1, -0.05) is 12.8 Å². The molecule has 4 nitrogen and oxygen atoms in total. The van der Waals surface area contributed by atoms with Crippen molar-refractivity contribution in [1.29, 1.82) is 0 Å². The van der Waals surface area contributed by atoms with E-state index in [0.29, 0.717) is 12.6 Å². The zero-order valence-electron chi connectivity index (χ0n) is 9.19. The topological polar surface area (TPSA) is 43.8 Å². The van der Waals surface area contributed by atoms with Crippen LogP contribution in [-0.2, 0) is 0 Å². The number of hydrogen-bond donors (Lipinski definition) is 1. The van der Waals surface area contributed by atoms with Gasteiger partial charge in [0.15, 0.2) is 0 Å². The second-order valence-electron chi connectivity index (χ2n) is 4.48. The number of aliphatic hydroxyl groups is 1. The third-order valence-electron chi connectivity index (χ3n) is 3.48. The molecule has 1 aliphatic carbocycles. The molecule has 1 heterocycles. The first kappa shape index (κ1) is 10.7. The molecule has 1 saturated carbocycles. The Kier molecular flexibility index (Phi) is 3.46. The molecular weight excluding hydrogens is 192 g/mol. The fourth-order valence-electron chi connectivity index (χ4n) is 2.69. The van der Waals surface area contributed by atoms with Gasteiger partial charge in [0, 0.05) is 25.7 Å². The van der Waals surface area contributed by atoms with E-state index in [1.165, 1.54) is 25.7 Å². The van der Waals surface area contributed by atoms with Crippen LogP contribution < -0.4 is 0 Å². The summed E-state index contributed by atoms with van der Waals surface area (Å²) in [6, 6.07) is 0.612. The highest BCUT2D eigenvalue weighted by molar-refractivity contribution is 5.75. The highest BCUT2D eigenvalue weighted by Gasteiger charge is 2.31. The predicted molar refractivity (Wildman–Crippen MR) is 57.6 cm³/mol. The van der Waals surface area contributed by atoms with E-state index in [2.05, 4.69) is 0 Å². The summed E-state index contributed by atoms with van der Waals surface area (Å²) in [7, 11) is 0. The summed E-state index contributed by atoms with van der Waals surface area (Å²) >= 11 is 0. The third-order valence-corrected chi connectivity index (χ3v) is 3.48. The van der Waals surface area contributed by atoms with Crippen molar-refractivity contribution in [3.63, 3.8) is 0 Å². The number of carbonyl (C=O) groups excluding carboxylic acids is 1. The fraction of sp³-hybridized carbons (Fsp3) is 0.909. The lowest BCUT2D eigenvalue weighted by molar-refractivity contribution is 0.0993. The number of hydrogen-bond acceptors (Lipinski definition) is 2. The summed E-state index contributed by atoms with van der Waals surface area (Å²) in [4.78, 5) is 15.8. The Hall–Kier alpha value is -0.770. The third kappa shape index (κ3) is 2.25. The van der Waals surface area contributed by atoms with Gasteiger partial charge in [-0.25, -0.2) is 4.79 Å². The Morgan fingerprint density at radius 3 is 2.60 bits per heavy atom. The maximum atomic E-state index is 12.0. The summed E-state index contributed by atoms with van der Waals surface area (Å²) < 4.78 is 0. The number of carbonyl (C=O) groups is 1. The van der Waals surface area contributed by atoms with E-state index in [-0.39, 0.29) is 12.6 Å². The fourth-order valence-corrected chi connectivity index (χ4v) is 2.69. The van der Waals surface area contributed by atoms with Crippen LogP contribution in [0.1, 0.15) is 32.1 Å². The van der Waals surface area contributed by atoms with Gasteiger partial charge >= 0.3 is 6.03 Å². The van der Waals surface area contributed by atoms with Gasteiger partial charge in [-0.2, -0.15) is 0 Å². The highest BCUT2D eigenvalue weighted by Crippen LogP contribution is 2.26. The van der Waals surface area contributed by atoms with Crippen LogP contribution in [0.4, 0.5) is 4.79 Å². The molecule has 2 rings (SSSR count). The van der Waals surface area contributed by atoms with Crippen LogP contribution in [0.2, 0.25) is 0 Å². The van der Waals surface area contributed by atoms with Gasteiger partial charge in [-0.05, 0) is 19.3 Å². The Morgan fingerprint density at radius 2 is 1.93 bits per heavy atom. The van der Waals surface area contributed by atoms with Crippen molar-refractivity contribution >= 4 is 6.03 Å². The predicted octanol–water partition coefficient (Wildman–Crippen LogP) is 1.05. The first-order chi connectivity index (χ1) is 7.33. The summed E-state index contributed by atoms with van der Waals surface area (Å²) in [5.41, 5.74) is 0. The molecule has 0 radical (unpaired) electrons. The molecule has 0 aromatic rings. The van der Waals surface area contributed by atoms with Gasteiger partial charge in [-0.15, -0.1) is 0 Å². The van der Waals surface area contributed by atoms with E-state index in [0.717, 1.165) is 19.5 Å². The number of aliphatic hydroxyl groups excluding tert-OH is 1. The maximum Gasteiger partial charge on any atom is 0.320 e. The van der Waals surface area contributed by atoms with Gasteiger partial charge in [0.2, 0.25) is 0 Å². The van der Waals surface area contributed by atoms with Gasteiger partial charge in [-0.3, -0.25) is 0 Å². The zero-order chi connectivity index (χ0) is 10.7. The maximum absolute atomic E-state index is 12.0. The lowest BCUT2D eigenvalue weighted by Gasteiger charge is -2.38. The van der Waals surface area contributed by atoms with Crippen LogP contribution in [0.3, 0.4) is 0 Å². The Balaban J connectivity index is 1.95. The molecule has 1 aliphatic heterocycles. The minimum Gasteiger partial charge on any atom is -0.395 e. The van der Waals surface area contributed by atoms with Gasteiger partial charge in [0.1, 0.15) is 0 Å². The normalized spacial score (nSPS) is 23.9. The average molecular weight is 212 g/mol. The SMILES string of the molecule is O=C1N(CCO)CCCN1C1CCCC1. The average Bonchev–Trinajstić information content (AvgIpc) is 2.74. The summed E-state index contributed by atoms with van der Waals surface area (Å²) in [5.74, 6) is 0. The van der Waals surface area contributed by atoms with E-state index >= 15 is 0 Å².